The molecule has 144 valence electrons. The lowest BCUT2D eigenvalue weighted by Crippen LogP contribution is -2.25. The summed E-state index contributed by atoms with van der Waals surface area (Å²) in [5.41, 5.74) is 3.92. The van der Waals surface area contributed by atoms with Gasteiger partial charge in [0.05, 0.1) is 7.11 Å². The van der Waals surface area contributed by atoms with Gasteiger partial charge in [0.1, 0.15) is 24.2 Å². The Morgan fingerprint density at radius 1 is 1.14 bits per heavy atom. The van der Waals surface area contributed by atoms with Gasteiger partial charge in [0.25, 0.3) is 0 Å². The molecule has 1 unspecified atom stereocenters. The van der Waals surface area contributed by atoms with Gasteiger partial charge in [-0.05, 0) is 41.5 Å². The van der Waals surface area contributed by atoms with Crippen molar-refractivity contribution in [3.05, 3.63) is 89.2 Å². The van der Waals surface area contributed by atoms with Crippen LogP contribution in [0.3, 0.4) is 0 Å². The van der Waals surface area contributed by atoms with Crippen LogP contribution < -0.4 is 9.47 Å². The van der Waals surface area contributed by atoms with E-state index >= 15 is 0 Å². The second-order valence-corrected chi connectivity index (χ2v) is 6.97. The Bertz CT molecular complexity index is 930. The number of ether oxygens (including phenoxy) is 2. The lowest BCUT2D eigenvalue weighted by molar-refractivity contribution is 0.218. The average Bonchev–Trinajstić information content (AvgIpc) is 2.95. The number of rotatable bonds is 5. The molecule has 0 spiro atoms. The standard InChI is InChI=1S/C23H24N2O3/c1-27-21-6-2-4-17(12-21)15-25-10-11-28-22-8-7-18(13-20(22)16-25)23(26)19-5-3-9-24-14-19/h2-9,12-14,23,26H,10-11,15-16H2,1H3. The van der Waals surface area contributed by atoms with Crippen LogP contribution in [-0.4, -0.2) is 35.3 Å². The number of fused-ring (bicyclic) bond motifs is 1. The molecule has 3 aromatic rings. The van der Waals surface area contributed by atoms with Gasteiger partial charge in [-0.3, -0.25) is 9.88 Å². The third-order valence-corrected chi connectivity index (χ3v) is 5.00. The van der Waals surface area contributed by atoms with Crippen LogP contribution in [0.15, 0.2) is 67.0 Å². The molecule has 1 aliphatic rings. The SMILES string of the molecule is COc1cccc(CN2CCOc3ccc(C(O)c4cccnc4)cc3C2)c1. The van der Waals surface area contributed by atoms with Gasteiger partial charge < -0.3 is 14.6 Å². The Balaban J connectivity index is 1.54. The monoisotopic (exact) mass is 376 g/mol. The predicted octanol–water partition coefficient (Wildman–Crippen LogP) is 3.57. The van der Waals surface area contributed by atoms with Crippen LogP contribution in [0.25, 0.3) is 0 Å². The topological polar surface area (TPSA) is 54.8 Å². The first-order valence-electron chi connectivity index (χ1n) is 9.42. The highest BCUT2D eigenvalue weighted by Crippen LogP contribution is 2.30. The zero-order valence-corrected chi connectivity index (χ0v) is 15.9. The quantitative estimate of drug-likeness (QED) is 0.738. The van der Waals surface area contributed by atoms with Gasteiger partial charge in [-0.15, -0.1) is 0 Å². The van der Waals surface area contributed by atoms with E-state index in [4.69, 9.17) is 9.47 Å². The van der Waals surface area contributed by atoms with Gasteiger partial charge >= 0.3 is 0 Å². The molecule has 0 bridgehead atoms. The second-order valence-electron chi connectivity index (χ2n) is 6.97. The molecule has 2 heterocycles. The molecule has 0 radical (unpaired) electrons. The number of nitrogens with zero attached hydrogens (tertiary/aromatic N) is 2. The fourth-order valence-corrected chi connectivity index (χ4v) is 3.53. The fourth-order valence-electron chi connectivity index (χ4n) is 3.53. The van der Waals surface area contributed by atoms with Crippen LogP contribution in [0.4, 0.5) is 0 Å². The number of methoxy groups -OCH3 is 1. The zero-order valence-electron chi connectivity index (χ0n) is 15.9. The molecule has 4 rings (SSSR count). The summed E-state index contributed by atoms with van der Waals surface area (Å²) in [6.45, 7) is 3.06. The molecule has 1 N–H and O–H groups in total. The Kier molecular flexibility index (Phi) is 5.55. The van der Waals surface area contributed by atoms with E-state index in [1.54, 1.807) is 19.5 Å². The van der Waals surface area contributed by atoms with Crippen LogP contribution in [0, 0.1) is 0 Å². The number of aliphatic hydroxyl groups excluding tert-OH is 1. The smallest absolute Gasteiger partial charge is 0.123 e. The maximum atomic E-state index is 10.7. The van der Waals surface area contributed by atoms with Crippen LogP contribution >= 0.6 is 0 Å². The van der Waals surface area contributed by atoms with E-state index in [0.717, 1.165) is 47.8 Å². The van der Waals surface area contributed by atoms with Gasteiger partial charge in [0, 0.05) is 43.2 Å². The summed E-state index contributed by atoms with van der Waals surface area (Å²) in [6.07, 6.45) is 2.70. The first-order chi connectivity index (χ1) is 13.7. The third-order valence-electron chi connectivity index (χ3n) is 5.00. The minimum atomic E-state index is -0.700. The molecular weight excluding hydrogens is 352 g/mol. The van der Waals surface area contributed by atoms with Crippen molar-refractivity contribution >= 4 is 0 Å². The number of hydrogen-bond donors (Lipinski definition) is 1. The van der Waals surface area contributed by atoms with E-state index in [2.05, 4.69) is 22.0 Å². The molecule has 0 aliphatic carbocycles. The van der Waals surface area contributed by atoms with E-state index in [-0.39, 0.29) is 0 Å². The average molecular weight is 376 g/mol. The van der Waals surface area contributed by atoms with Crippen molar-refractivity contribution in [3.8, 4) is 11.5 Å². The lowest BCUT2D eigenvalue weighted by atomic mass is 10.00. The van der Waals surface area contributed by atoms with Crippen molar-refractivity contribution in [3.63, 3.8) is 0 Å². The summed E-state index contributed by atoms with van der Waals surface area (Å²) < 4.78 is 11.3. The van der Waals surface area contributed by atoms with E-state index in [0.29, 0.717) is 6.61 Å². The fraction of sp³-hybridized carbons (Fsp3) is 0.261. The molecule has 0 saturated carbocycles. The molecule has 28 heavy (non-hydrogen) atoms. The van der Waals surface area contributed by atoms with Crippen molar-refractivity contribution in [2.45, 2.75) is 19.2 Å². The maximum Gasteiger partial charge on any atom is 0.123 e. The number of aromatic nitrogens is 1. The first-order valence-corrected chi connectivity index (χ1v) is 9.42. The largest absolute Gasteiger partial charge is 0.497 e. The molecule has 1 aromatic heterocycles. The van der Waals surface area contributed by atoms with Crippen molar-refractivity contribution in [2.24, 2.45) is 0 Å². The van der Waals surface area contributed by atoms with Crippen molar-refractivity contribution < 1.29 is 14.6 Å². The molecule has 1 atom stereocenters. The minimum Gasteiger partial charge on any atom is -0.497 e. The van der Waals surface area contributed by atoms with E-state index in [1.165, 1.54) is 5.56 Å². The first kappa shape index (κ1) is 18.5. The van der Waals surface area contributed by atoms with Crippen LogP contribution in [0.2, 0.25) is 0 Å². The lowest BCUT2D eigenvalue weighted by Gasteiger charge is -2.20. The van der Waals surface area contributed by atoms with Gasteiger partial charge in [-0.1, -0.05) is 24.3 Å². The molecular formula is C23H24N2O3. The van der Waals surface area contributed by atoms with Gasteiger partial charge in [-0.25, -0.2) is 0 Å². The van der Waals surface area contributed by atoms with E-state index in [9.17, 15) is 5.11 Å². The highest BCUT2D eigenvalue weighted by atomic mass is 16.5. The molecule has 1 aliphatic heterocycles. The molecule has 5 nitrogen and oxygen atoms in total. The molecule has 0 saturated heterocycles. The Hall–Kier alpha value is -2.89. The van der Waals surface area contributed by atoms with Crippen molar-refractivity contribution in [1.82, 2.24) is 9.88 Å². The summed E-state index contributed by atoms with van der Waals surface area (Å²) >= 11 is 0. The number of benzene rings is 2. The second kappa shape index (κ2) is 8.42. The number of hydrogen-bond acceptors (Lipinski definition) is 5. The summed E-state index contributed by atoms with van der Waals surface area (Å²) in [5.74, 6) is 1.75. The van der Waals surface area contributed by atoms with Crippen molar-refractivity contribution in [2.75, 3.05) is 20.3 Å². The van der Waals surface area contributed by atoms with Gasteiger partial charge in [0.15, 0.2) is 0 Å². The highest BCUT2D eigenvalue weighted by Gasteiger charge is 2.19. The normalized spacial score (nSPS) is 15.2. The molecule has 2 aromatic carbocycles. The summed E-state index contributed by atoms with van der Waals surface area (Å²) in [4.78, 5) is 6.45. The summed E-state index contributed by atoms with van der Waals surface area (Å²) in [7, 11) is 1.68. The molecule has 0 fully saturated rings. The third kappa shape index (κ3) is 4.16. The van der Waals surface area contributed by atoms with Gasteiger partial charge in [0.2, 0.25) is 0 Å². The Morgan fingerprint density at radius 2 is 2.07 bits per heavy atom. The van der Waals surface area contributed by atoms with Gasteiger partial charge in [-0.2, -0.15) is 0 Å². The summed E-state index contributed by atoms with van der Waals surface area (Å²) in [6, 6.07) is 17.8. The zero-order chi connectivity index (χ0) is 19.3. The maximum absolute atomic E-state index is 10.7. The number of aliphatic hydroxyl groups is 1. The summed E-state index contributed by atoms with van der Waals surface area (Å²) in [5, 5.41) is 10.7. The Morgan fingerprint density at radius 3 is 2.89 bits per heavy atom. The van der Waals surface area contributed by atoms with Crippen molar-refractivity contribution in [1.29, 1.82) is 0 Å². The molecule has 5 heteroatoms. The predicted molar refractivity (Wildman–Crippen MR) is 107 cm³/mol. The minimum absolute atomic E-state index is 0.640. The van der Waals surface area contributed by atoms with E-state index < -0.39 is 6.10 Å². The highest BCUT2D eigenvalue weighted by molar-refractivity contribution is 5.41. The van der Waals surface area contributed by atoms with Crippen LogP contribution in [0.5, 0.6) is 11.5 Å². The molecule has 0 amide bonds. The van der Waals surface area contributed by atoms with Crippen LogP contribution in [0.1, 0.15) is 28.4 Å². The number of pyridine rings is 1. The van der Waals surface area contributed by atoms with Crippen LogP contribution in [-0.2, 0) is 13.1 Å². The van der Waals surface area contributed by atoms with E-state index in [1.807, 2.05) is 42.5 Å². The Labute approximate surface area is 165 Å².